The molecule has 1 aromatic carbocycles. The summed E-state index contributed by atoms with van der Waals surface area (Å²) in [6.45, 7) is 1.89. The minimum Gasteiger partial charge on any atom is -0.378 e. The highest BCUT2D eigenvalue weighted by Crippen LogP contribution is 2.22. The summed E-state index contributed by atoms with van der Waals surface area (Å²) in [4.78, 5) is 12.4. The van der Waals surface area contributed by atoms with Crippen LogP contribution in [0.4, 0.5) is 5.69 Å². The lowest BCUT2D eigenvalue weighted by Gasteiger charge is -2.26. The van der Waals surface area contributed by atoms with Gasteiger partial charge in [-0.25, -0.2) is 8.42 Å². The molecule has 1 amide bonds. The number of anilines is 1. The number of nitrogens with one attached hydrogen (secondary N) is 1. The van der Waals surface area contributed by atoms with E-state index in [-0.39, 0.29) is 16.9 Å². The number of sulfonamides is 1. The first kappa shape index (κ1) is 18.4. The summed E-state index contributed by atoms with van der Waals surface area (Å²) in [5, 5.41) is 2.82. The molecule has 1 aromatic rings. The molecule has 3 rings (SSSR count). The number of ether oxygens (including phenoxy) is 1. The third-order valence-electron chi connectivity index (χ3n) is 4.78. The first-order chi connectivity index (χ1) is 12.1. The van der Waals surface area contributed by atoms with Gasteiger partial charge in [0.05, 0.1) is 17.4 Å². The van der Waals surface area contributed by atoms with Gasteiger partial charge < -0.3 is 10.1 Å². The van der Waals surface area contributed by atoms with Crippen LogP contribution in [0.15, 0.2) is 29.2 Å². The Bertz CT molecular complexity index is 676. The summed E-state index contributed by atoms with van der Waals surface area (Å²) in [7, 11) is -3.43. The van der Waals surface area contributed by atoms with E-state index in [9.17, 15) is 13.2 Å². The summed E-state index contributed by atoms with van der Waals surface area (Å²) in [6, 6.07) is 6.43. The molecule has 7 heteroatoms. The number of piperidine rings is 1. The molecule has 2 fully saturated rings. The van der Waals surface area contributed by atoms with Crippen molar-refractivity contribution >= 4 is 21.6 Å². The summed E-state index contributed by atoms with van der Waals surface area (Å²) >= 11 is 0. The Morgan fingerprint density at radius 1 is 1.08 bits per heavy atom. The standard InChI is InChI=1S/C18H26N2O4S/c21-18(14-16-6-2-5-13-24-16)19-15-7-9-17(10-8-15)25(22,23)20-11-3-1-4-12-20/h7-10,16H,1-6,11-14H2,(H,19,21). The van der Waals surface area contributed by atoms with Crippen molar-refractivity contribution in [2.24, 2.45) is 0 Å². The smallest absolute Gasteiger partial charge is 0.243 e. The van der Waals surface area contributed by atoms with Crippen molar-refractivity contribution in [2.45, 2.75) is 55.9 Å². The number of carbonyl (C=O) groups excluding carboxylic acids is 1. The van der Waals surface area contributed by atoms with E-state index < -0.39 is 10.0 Å². The molecule has 0 radical (unpaired) electrons. The van der Waals surface area contributed by atoms with E-state index >= 15 is 0 Å². The summed E-state index contributed by atoms with van der Waals surface area (Å²) < 4.78 is 32.3. The topological polar surface area (TPSA) is 75.7 Å². The van der Waals surface area contributed by atoms with Crippen LogP contribution in [0.3, 0.4) is 0 Å². The highest BCUT2D eigenvalue weighted by atomic mass is 32.2. The van der Waals surface area contributed by atoms with Gasteiger partial charge in [0.25, 0.3) is 0 Å². The fraction of sp³-hybridized carbons (Fsp3) is 0.611. The Labute approximate surface area is 149 Å². The quantitative estimate of drug-likeness (QED) is 0.869. The van der Waals surface area contributed by atoms with Gasteiger partial charge in [0.15, 0.2) is 0 Å². The van der Waals surface area contributed by atoms with Crippen LogP contribution < -0.4 is 5.32 Å². The van der Waals surface area contributed by atoms with E-state index in [4.69, 9.17) is 4.74 Å². The van der Waals surface area contributed by atoms with Crippen molar-refractivity contribution in [2.75, 3.05) is 25.0 Å². The second-order valence-electron chi connectivity index (χ2n) is 6.73. The Hall–Kier alpha value is -1.44. The molecule has 1 atom stereocenters. The molecule has 0 aliphatic carbocycles. The van der Waals surface area contributed by atoms with E-state index in [0.29, 0.717) is 25.2 Å². The maximum absolute atomic E-state index is 12.6. The minimum atomic E-state index is -3.43. The molecule has 138 valence electrons. The number of hydrogen-bond acceptors (Lipinski definition) is 4. The normalized spacial score (nSPS) is 22.5. The van der Waals surface area contributed by atoms with Gasteiger partial charge in [-0.3, -0.25) is 4.79 Å². The molecular weight excluding hydrogens is 340 g/mol. The van der Waals surface area contributed by atoms with Gasteiger partial charge in [0, 0.05) is 25.4 Å². The zero-order valence-electron chi connectivity index (χ0n) is 14.4. The number of rotatable bonds is 5. The van der Waals surface area contributed by atoms with Crippen molar-refractivity contribution in [3.05, 3.63) is 24.3 Å². The lowest BCUT2D eigenvalue weighted by atomic mass is 10.1. The highest BCUT2D eigenvalue weighted by molar-refractivity contribution is 7.89. The van der Waals surface area contributed by atoms with E-state index in [0.717, 1.165) is 45.1 Å². The number of hydrogen-bond donors (Lipinski definition) is 1. The van der Waals surface area contributed by atoms with Crippen LogP contribution in [0.25, 0.3) is 0 Å². The fourth-order valence-electron chi connectivity index (χ4n) is 3.35. The minimum absolute atomic E-state index is 0.00694. The molecule has 0 spiro atoms. The van der Waals surface area contributed by atoms with Crippen molar-refractivity contribution < 1.29 is 17.9 Å². The lowest BCUT2D eigenvalue weighted by molar-refractivity contribution is -0.119. The summed E-state index contributed by atoms with van der Waals surface area (Å²) in [5.41, 5.74) is 0.610. The Kier molecular flexibility index (Phi) is 6.09. The molecule has 2 aliphatic rings. The van der Waals surface area contributed by atoms with Crippen molar-refractivity contribution in [1.82, 2.24) is 4.31 Å². The van der Waals surface area contributed by atoms with Crippen LogP contribution in [0.1, 0.15) is 44.9 Å². The second-order valence-corrected chi connectivity index (χ2v) is 8.67. The van der Waals surface area contributed by atoms with E-state index in [1.165, 1.54) is 0 Å². The fourth-order valence-corrected chi connectivity index (χ4v) is 4.87. The van der Waals surface area contributed by atoms with Gasteiger partial charge >= 0.3 is 0 Å². The third kappa shape index (κ3) is 4.80. The number of carbonyl (C=O) groups is 1. The van der Waals surface area contributed by atoms with Gasteiger partial charge in [-0.05, 0) is 56.4 Å². The SMILES string of the molecule is O=C(CC1CCCCO1)Nc1ccc(S(=O)(=O)N2CCCCC2)cc1. The molecule has 2 saturated heterocycles. The largest absolute Gasteiger partial charge is 0.378 e. The zero-order valence-corrected chi connectivity index (χ0v) is 15.3. The number of benzene rings is 1. The molecule has 1 N–H and O–H groups in total. The maximum atomic E-state index is 12.6. The zero-order chi connectivity index (χ0) is 17.7. The van der Waals surface area contributed by atoms with Gasteiger partial charge in [0.1, 0.15) is 0 Å². The molecule has 2 heterocycles. The van der Waals surface area contributed by atoms with E-state index in [1.54, 1.807) is 28.6 Å². The van der Waals surface area contributed by atoms with E-state index in [2.05, 4.69) is 5.32 Å². The number of nitrogens with zero attached hydrogens (tertiary/aromatic N) is 1. The van der Waals surface area contributed by atoms with Crippen molar-refractivity contribution in [1.29, 1.82) is 0 Å². The van der Waals surface area contributed by atoms with Gasteiger partial charge in [0.2, 0.25) is 15.9 Å². The van der Waals surface area contributed by atoms with Crippen LogP contribution in [0.2, 0.25) is 0 Å². The lowest BCUT2D eigenvalue weighted by Crippen LogP contribution is -2.35. The molecule has 1 unspecified atom stereocenters. The predicted molar refractivity (Wildman–Crippen MR) is 95.9 cm³/mol. The third-order valence-corrected chi connectivity index (χ3v) is 6.69. The molecule has 0 aromatic heterocycles. The maximum Gasteiger partial charge on any atom is 0.243 e. The van der Waals surface area contributed by atoms with Crippen LogP contribution in [-0.4, -0.2) is 44.4 Å². The summed E-state index contributed by atoms with van der Waals surface area (Å²) in [6.07, 6.45) is 6.32. The molecule has 6 nitrogen and oxygen atoms in total. The molecular formula is C18H26N2O4S. The first-order valence-corrected chi connectivity index (χ1v) is 10.5. The van der Waals surface area contributed by atoms with E-state index in [1.807, 2.05) is 0 Å². The highest BCUT2D eigenvalue weighted by Gasteiger charge is 2.25. The first-order valence-electron chi connectivity index (χ1n) is 9.07. The van der Waals surface area contributed by atoms with Crippen LogP contribution in [0.5, 0.6) is 0 Å². The Morgan fingerprint density at radius 3 is 2.44 bits per heavy atom. The monoisotopic (exact) mass is 366 g/mol. The summed E-state index contributed by atoms with van der Waals surface area (Å²) in [5.74, 6) is -0.0986. The Balaban J connectivity index is 1.58. The van der Waals surface area contributed by atoms with Gasteiger partial charge in [-0.2, -0.15) is 4.31 Å². The Morgan fingerprint density at radius 2 is 1.80 bits per heavy atom. The molecule has 0 bridgehead atoms. The van der Waals surface area contributed by atoms with Crippen LogP contribution >= 0.6 is 0 Å². The van der Waals surface area contributed by atoms with Crippen molar-refractivity contribution in [3.8, 4) is 0 Å². The van der Waals surface area contributed by atoms with Crippen molar-refractivity contribution in [3.63, 3.8) is 0 Å². The molecule has 25 heavy (non-hydrogen) atoms. The van der Waals surface area contributed by atoms with Gasteiger partial charge in [-0.1, -0.05) is 6.42 Å². The average Bonchev–Trinajstić information content (AvgIpc) is 2.63. The van der Waals surface area contributed by atoms with Crippen LogP contribution in [-0.2, 0) is 19.6 Å². The second kappa shape index (κ2) is 8.29. The van der Waals surface area contributed by atoms with Crippen LogP contribution in [0, 0.1) is 0 Å². The number of amides is 1. The average molecular weight is 366 g/mol. The predicted octanol–water partition coefficient (Wildman–Crippen LogP) is 2.76. The molecule has 0 saturated carbocycles. The van der Waals surface area contributed by atoms with Gasteiger partial charge in [-0.15, -0.1) is 0 Å². The molecule has 2 aliphatic heterocycles.